The number of rotatable bonds is 2. The van der Waals surface area contributed by atoms with Gasteiger partial charge in [0, 0.05) is 10.4 Å². The van der Waals surface area contributed by atoms with Gasteiger partial charge in [-0.2, -0.15) is 0 Å². The number of para-hydroxylation sites is 1. The summed E-state index contributed by atoms with van der Waals surface area (Å²) in [6.45, 7) is 0. The smallest absolute Gasteiger partial charge is 0.258 e. The van der Waals surface area contributed by atoms with Crippen LogP contribution in [0.2, 0.25) is 5.02 Å². The number of anilines is 1. The monoisotopic (exact) mass is 300 g/mol. The predicted octanol–water partition coefficient (Wildman–Crippen LogP) is 4.28. The summed E-state index contributed by atoms with van der Waals surface area (Å²) in [5.74, 6) is -1.18. The number of fused-ring (bicyclic) bond motifs is 1. The Bertz CT molecular complexity index is 835. The highest BCUT2D eigenvalue weighted by Crippen LogP contribution is 2.19. The molecular weight excluding hydrogens is 291 g/mol. The van der Waals surface area contributed by atoms with E-state index in [9.17, 15) is 9.18 Å². The van der Waals surface area contributed by atoms with Crippen LogP contribution in [0.5, 0.6) is 0 Å². The molecule has 21 heavy (non-hydrogen) atoms. The number of hydrogen-bond donors (Lipinski definition) is 1. The molecule has 0 aliphatic carbocycles. The van der Waals surface area contributed by atoms with E-state index >= 15 is 0 Å². The lowest BCUT2D eigenvalue weighted by molar-refractivity contribution is 0.102. The van der Waals surface area contributed by atoms with Gasteiger partial charge in [-0.25, -0.2) is 4.39 Å². The second-order valence-corrected chi connectivity index (χ2v) is 4.93. The molecule has 0 bridgehead atoms. The van der Waals surface area contributed by atoms with Gasteiger partial charge in [-0.1, -0.05) is 29.8 Å². The molecule has 1 N–H and O–H groups in total. The molecule has 0 aliphatic heterocycles. The lowest BCUT2D eigenvalue weighted by Gasteiger charge is -2.07. The number of aromatic nitrogens is 1. The third-order valence-corrected chi connectivity index (χ3v) is 3.26. The Morgan fingerprint density at radius 3 is 2.81 bits per heavy atom. The lowest BCUT2D eigenvalue weighted by Crippen LogP contribution is -2.13. The van der Waals surface area contributed by atoms with Gasteiger partial charge in [-0.15, -0.1) is 0 Å². The van der Waals surface area contributed by atoms with Gasteiger partial charge in [0.15, 0.2) is 0 Å². The van der Waals surface area contributed by atoms with Crippen LogP contribution in [-0.2, 0) is 0 Å². The maximum atomic E-state index is 13.6. The lowest BCUT2D eigenvalue weighted by atomic mass is 10.2. The first-order chi connectivity index (χ1) is 10.1. The summed E-state index contributed by atoms with van der Waals surface area (Å²) in [7, 11) is 0. The summed E-state index contributed by atoms with van der Waals surface area (Å²) in [5, 5.41) is 3.81. The van der Waals surface area contributed by atoms with Gasteiger partial charge in [0.05, 0.1) is 23.0 Å². The zero-order chi connectivity index (χ0) is 14.8. The second kappa shape index (κ2) is 5.50. The number of pyridine rings is 1. The van der Waals surface area contributed by atoms with Gasteiger partial charge in [-0.3, -0.25) is 9.78 Å². The Morgan fingerprint density at radius 1 is 1.14 bits per heavy atom. The van der Waals surface area contributed by atoms with E-state index in [0.29, 0.717) is 10.7 Å². The molecule has 1 amide bonds. The van der Waals surface area contributed by atoms with Gasteiger partial charge < -0.3 is 5.32 Å². The maximum Gasteiger partial charge on any atom is 0.258 e. The predicted molar refractivity (Wildman–Crippen MR) is 81.1 cm³/mol. The van der Waals surface area contributed by atoms with Crippen molar-refractivity contribution in [2.75, 3.05) is 5.32 Å². The first kappa shape index (κ1) is 13.5. The molecule has 0 aliphatic rings. The van der Waals surface area contributed by atoms with Crippen LogP contribution in [0.15, 0.2) is 54.7 Å². The molecule has 3 nitrogen and oxygen atoms in total. The van der Waals surface area contributed by atoms with E-state index in [4.69, 9.17) is 11.6 Å². The summed E-state index contributed by atoms with van der Waals surface area (Å²) in [6, 6.07) is 13.2. The Labute approximate surface area is 125 Å². The number of amides is 1. The van der Waals surface area contributed by atoms with E-state index < -0.39 is 11.7 Å². The van der Waals surface area contributed by atoms with Crippen molar-refractivity contribution in [3.63, 3.8) is 0 Å². The molecular formula is C16H10ClFN2O. The van der Waals surface area contributed by atoms with Crippen LogP contribution >= 0.6 is 11.6 Å². The second-order valence-electron chi connectivity index (χ2n) is 4.49. The van der Waals surface area contributed by atoms with Crippen LogP contribution in [0, 0.1) is 5.82 Å². The molecule has 1 heterocycles. The van der Waals surface area contributed by atoms with E-state index in [-0.39, 0.29) is 5.56 Å². The zero-order valence-electron chi connectivity index (χ0n) is 10.8. The van der Waals surface area contributed by atoms with Crippen LogP contribution in [0.4, 0.5) is 10.1 Å². The number of hydrogen-bond acceptors (Lipinski definition) is 2. The standard InChI is InChI=1S/C16H10ClFN2O/c17-11-5-6-14(18)13(8-11)16(21)20-12-7-10-3-1-2-4-15(10)19-9-12/h1-9H,(H,20,21). The molecule has 3 aromatic rings. The minimum Gasteiger partial charge on any atom is -0.320 e. The molecule has 104 valence electrons. The number of benzene rings is 2. The maximum absolute atomic E-state index is 13.6. The highest BCUT2D eigenvalue weighted by atomic mass is 35.5. The Morgan fingerprint density at radius 2 is 1.95 bits per heavy atom. The molecule has 1 aromatic heterocycles. The number of nitrogens with zero attached hydrogens (tertiary/aromatic N) is 1. The molecule has 0 radical (unpaired) electrons. The van der Waals surface area contributed by atoms with Gasteiger partial charge in [0.2, 0.25) is 0 Å². The van der Waals surface area contributed by atoms with Crippen molar-refractivity contribution in [2.45, 2.75) is 0 Å². The Kier molecular flexibility index (Phi) is 3.54. The van der Waals surface area contributed by atoms with Crippen molar-refractivity contribution >= 4 is 34.1 Å². The number of carbonyl (C=O) groups excluding carboxylic acids is 1. The third kappa shape index (κ3) is 2.85. The van der Waals surface area contributed by atoms with E-state index in [1.807, 2.05) is 24.3 Å². The van der Waals surface area contributed by atoms with Crippen molar-refractivity contribution < 1.29 is 9.18 Å². The highest BCUT2D eigenvalue weighted by molar-refractivity contribution is 6.31. The van der Waals surface area contributed by atoms with E-state index in [1.54, 1.807) is 6.07 Å². The number of nitrogens with one attached hydrogen (secondary N) is 1. The van der Waals surface area contributed by atoms with Crippen LogP contribution in [0.25, 0.3) is 10.9 Å². The summed E-state index contributed by atoms with van der Waals surface area (Å²) < 4.78 is 13.6. The largest absolute Gasteiger partial charge is 0.320 e. The van der Waals surface area contributed by atoms with Crippen molar-refractivity contribution in [2.24, 2.45) is 0 Å². The topological polar surface area (TPSA) is 42.0 Å². The first-order valence-electron chi connectivity index (χ1n) is 6.25. The quantitative estimate of drug-likeness (QED) is 0.767. The highest BCUT2D eigenvalue weighted by Gasteiger charge is 2.12. The van der Waals surface area contributed by atoms with Crippen molar-refractivity contribution in [3.8, 4) is 0 Å². The van der Waals surface area contributed by atoms with Crippen molar-refractivity contribution in [3.05, 3.63) is 71.1 Å². The molecule has 5 heteroatoms. The van der Waals surface area contributed by atoms with Crippen LogP contribution < -0.4 is 5.32 Å². The van der Waals surface area contributed by atoms with Crippen molar-refractivity contribution in [1.29, 1.82) is 0 Å². The zero-order valence-corrected chi connectivity index (χ0v) is 11.6. The van der Waals surface area contributed by atoms with Gasteiger partial charge >= 0.3 is 0 Å². The van der Waals surface area contributed by atoms with Gasteiger partial charge in [-0.05, 0) is 30.3 Å². The Balaban J connectivity index is 1.90. The fourth-order valence-corrected chi connectivity index (χ4v) is 2.18. The van der Waals surface area contributed by atoms with Crippen LogP contribution in [0.3, 0.4) is 0 Å². The normalized spacial score (nSPS) is 10.6. The minimum absolute atomic E-state index is 0.101. The summed E-state index contributed by atoms with van der Waals surface area (Å²) >= 11 is 5.78. The summed E-state index contributed by atoms with van der Waals surface area (Å²) in [4.78, 5) is 16.3. The molecule has 0 unspecified atom stereocenters. The van der Waals surface area contributed by atoms with E-state index in [2.05, 4.69) is 10.3 Å². The molecule has 0 saturated carbocycles. The molecule has 0 spiro atoms. The average Bonchev–Trinajstić information content (AvgIpc) is 2.49. The average molecular weight is 301 g/mol. The van der Waals surface area contributed by atoms with Gasteiger partial charge in [0.25, 0.3) is 5.91 Å². The van der Waals surface area contributed by atoms with Crippen LogP contribution in [0.1, 0.15) is 10.4 Å². The summed E-state index contributed by atoms with van der Waals surface area (Å²) in [5.41, 5.74) is 1.22. The molecule has 0 fully saturated rings. The molecule has 3 rings (SSSR count). The fourth-order valence-electron chi connectivity index (χ4n) is 2.01. The van der Waals surface area contributed by atoms with E-state index in [0.717, 1.165) is 17.0 Å². The van der Waals surface area contributed by atoms with Crippen LogP contribution in [-0.4, -0.2) is 10.9 Å². The molecule has 0 atom stereocenters. The Hall–Kier alpha value is -2.46. The van der Waals surface area contributed by atoms with Crippen molar-refractivity contribution in [1.82, 2.24) is 4.98 Å². The van der Waals surface area contributed by atoms with Gasteiger partial charge in [0.1, 0.15) is 5.82 Å². The minimum atomic E-state index is -0.620. The fraction of sp³-hybridized carbons (Fsp3) is 0. The molecule has 0 saturated heterocycles. The molecule has 2 aromatic carbocycles. The number of halogens is 2. The number of carbonyl (C=O) groups is 1. The SMILES string of the molecule is O=C(Nc1cnc2ccccc2c1)c1cc(Cl)ccc1F. The first-order valence-corrected chi connectivity index (χ1v) is 6.62. The summed E-state index contributed by atoms with van der Waals surface area (Å²) in [6.07, 6.45) is 1.53. The third-order valence-electron chi connectivity index (χ3n) is 3.02. The van der Waals surface area contributed by atoms with E-state index in [1.165, 1.54) is 18.3 Å².